The van der Waals surface area contributed by atoms with E-state index >= 15 is 0 Å². The van der Waals surface area contributed by atoms with Crippen molar-refractivity contribution < 1.29 is 9.59 Å². The van der Waals surface area contributed by atoms with Crippen molar-refractivity contribution >= 4 is 17.6 Å². The minimum absolute atomic E-state index is 0.0404. The molecule has 4 aromatic heterocycles. The summed E-state index contributed by atoms with van der Waals surface area (Å²) in [5.74, 6) is -0.00436. The number of hydrogen-bond acceptors (Lipinski definition) is 7. The number of rotatable bonds is 6. The minimum Gasteiger partial charge on any atom is -0.336 e. The first-order chi connectivity index (χ1) is 18.0. The molecular weight excluding hydrogens is 470 g/mol. The van der Waals surface area contributed by atoms with Crippen molar-refractivity contribution in [3.8, 4) is 22.6 Å². The first-order valence-electron chi connectivity index (χ1n) is 12.1. The summed E-state index contributed by atoms with van der Waals surface area (Å²) in [6.45, 7) is 5.01. The molecule has 0 bridgehead atoms. The highest BCUT2D eigenvalue weighted by Crippen LogP contribution is 2.54. The zero-order valence-electron chi connectivity index (χ0n) is 20.0. The minimum atomic E-state index is -0.363. The third kappa shape index (κ3) is 4.63. The molecule has 6 rings (SSSR count). The van der Waals surface area contributed by atoms with E-state index in [2.05, 4.69) is 42.4 Å². The van der Waals surface area contributed by atoms with Gasteiger partial charge in [0.25, 0.3) is 5.91 Å². The maximum absolute atomic E-state index is 12.7. The van der Waals surface area contributed by atoms with Crippen molar-refractivity contribution in [3.63, 3.8) is 0 Å². The molecule has 1 saturated heterocycles. The number of aromatic nitrogens is 7. The molecule has 1 aliphatic heterocycles. The molecule has 2 fully saturated rings. The second-order valence-corrected chi connectivity index (χ2v) is 9.63. The molecule has 0 aromatic carbocycles. The van der Waals surface area contributed by atoms with Crippen LogP contribution < -0.4 is 5.32 Å². The maximum Gasteiger partial charge on any atom is 0.275 e. The number of H-pyrrole nitrogens is 1. The largest absolute Gasteiger partial charge is 0.336 e. The smallest absolute Gasteiger partial charge is 0.275 e. The van der Waals surface area contributed by atoms with Gasteiger partial charge in [0.05, 0.1) is 23.6 Å². The van der Waals surface area contributed by atoms with Crippen LogP contribution in [-0.2, 0) is 4.79 Å². The molecule has 11 heteroatoms. The van der Waals surface area contributed by atoms with Crippen LogP contribution in [0.15, 0.2) is 67.6 Å². The number of carbonyl (C=O) groups excluding carboxylic acids is 2. The Kier molecular flexibility index (Phi) is 5.59. The molecule has 11 nitrogen and oxygen atoms in total. The molecule has 5 heterocycles. The number of nitrogens with one attached hydrogen (secondary N) is 2. The van der Waals surface area contributed by atoms with Crippen LogP contribution in [0.1, 0.15) is 35.8 Å². The molecule has 1 spiro atoms. The van der Waals surface area contributed by atoms with Gasteiger partial charge >= 0.3 is 0 Å². The lowest BCUT2D eigenvalue weighted by Crippen LogP contribution is -2.45. The molecule has 4 aromatic rings. The van der Waals surface area contributed by atoms with Crippen molar-refractivity contribution in [1.82, 2.24) is 40.1 Å². The molecule has 186 valence electrons. The number of pyridine rings is 2. The summed E-state index contributed by atoms with van der Waals surface area (Å²) in [5, 5.41) is 18.2. The molecular formula is C26H25N9O2. The highest BCUT2D eigenvalue weighted by molar-refractivity contribution is 6.02. The predicted octanol–water partition coefficient (Wildman–Crippen LogP) is 3.12. The van der Waals surface area contributed by atoms with Crippen molar-refractivity contribution in [1.29, 1.82) is 0 Å². The molecule has 1 unspecified atom stereocenters. The Balaban J connectivity index is 1.14. The monoisotopic (exact) mass is 495 g/mol. The average Bonchev–Trinajstić information content (AvgIpc) is 3.34. The fourth-order valence-electron chi connectivity index (χ4n) is 4.86. The number of hydrogen-bond donors (Lipinski definition) is 2. The van der Waals surface area contributed by atoms with Crippen LogP contribution in [-0.4, -0.2) is 65.0 Å². The third-order valence-corrected chi connectivity index (χ3v) is 7.01. The van der Waals surface area contributed by atoms with Gasteiger partial charge in [-0.3, -0.25) is 14.7 Å². The highest BCUT2D eigenvalue weighted by Gasteiger charge is 2.49. The number of amides is 2. The van der Waals surface area contributed by atoms with Crippen LogP contribution >= 0.6 is 0 Å². The molecule has 2 aliphatic rings. The fourth-order valence-corrected chi connectivity index (χ4v) is 4.86. The molecule has 1 aliphatic carbocycles. The van der Waals surface area contributed by atoms with Crippen LogP contribution in [0.25, 0.3) is 22.6 Å². The lowest BCUT2D eigenvalue weighted by molar-refractivity contribution is -0.129. The number of aromatic amines is 1. The number of nitrogens with zero attached hydrogens (tertiary/aromatic N) is 7. The summed E-state index contributed by atoms with van der Waals surface area (Å²) in [6, 6.07) is 10.6. The van der Waals surface area contributed by atoms with E-state index in [-0.39, 0.29) is 29.0 Å². The first-order valence-corrected chi connectivity index (χ1v) is 12.1. The summed E-state index contributed by atoms with van der Waals surface area (Å²) >= 11 is 0. The van der Waals surface area contributed by atoms with E-state index < -0.39 is 0 Å². The van der Waals surface area contributed by atoms with Gasteiger partial charge in [-0.05, 0) is 61.1 Å². The Bertz CT molecular complexity index is 1460. The Morgan fingerprint density at radius 1 is 1.16 bits per heavy atom. The average molecular weight is 496 g/mol. The van der Waals surface area contributed by atoms with E-state index in [1.54, 1.807) is 42.7 Å². The van der Waals surface area contributed by atoms with Gasteiger partial charge in [-0.25, -0.2) is 14.6 Å². The van der Waals surface area contributed by atoms with E-state index in [0.717, 1.165) is 37.1 Å². The molecule has 0 radical (unpaired) electrons. The molecule has 37 heavy (non-hydrogen) atoms. The van der Waals surface area contributed by atoms with E-state index in [1.165, 1.54) is 6.08 Å². The van der Waals surface area contributed by atoms with Gasteiger partial charge in [0, 0.05) is 31.0 Å². The SMILES string of the molecule is C=CC(=O)N1CC(n2cc(-c3ccc(NC(=O)c4cccc(-c5ccn[nH]5)n4)nc3)nn2)CC2(CC2)C1. The van der Waals surface area contributed by atoms with Crippen LogP contribution in [0.2, 0.25) is 0 Å². The van der Waals surface area contributed by atoms with Gasteiger partial charge in [-0.1, -0.05) is 17.9 Å². The van der Waals surface area contributed by atoms with Crippen molar-refractivity contribution in [2.24, 2.45) is 5.41 Å². The van der Waals surface area contributed by atoms with Crippen LogP contribution in [0.4, 0.5) is 5.82 Å². The van der Waals surface area contributed by atoms with Gasteiger partial charge in [0.2, 0.25) is 5.91 Å². The lowest BCUT2D eigenvalue weighted by Gasteiger charge is -2.37. The van der Waals surface area contributed by atoms with Crippen molar-refractivity contribution in [2.45, 2.75) is 25.3 Å². The predicted molar refractivity (Wildman–Crippen MR) is 135 cm³/mol. The maximum atomic E-state index is 12.7. The zero-order chi connectivity index (χ0) is 25.4. The number of piperidine rings is 1. The molecule has 2 N–H and O–H groups in total. The first kappa shape index (κ1) is 22.8. The summed E-state index contributed by atoms with van der Waals surface area (Å²) in [7, 11) is 0. The van der Waals surface area contributed by atoms with E-state index in [0.29, 0.717) is 23.8 Å². The number of carbonyl (C=O) groups is 2. The van der Waals surface area contributed by atoms with E-state index in [4.69, 9.17) is 0 Å². The Morgan fingerprint density at radius 3 is 2.78 bits per heavy atom. The lowest BCUT2D eigenvalue weighted by atomic mass is 9.91. The van der Waals surface area contributed by atoms with Gasteiger partial charge < -0.3 is 10.2 Å². The summed E-state index contributed by atoms with van der Waals surface area (Å²) in [6.07, 6.45) is 9.79. The normalized spacial score (nSPS) is 17.9. The van der Waals surface area contributed by atoms with Crippen LogP contribution in [0.5, 0.6) is 0 Å². The van der Waals surface area contributed by atoms with Gasteiger partial charge in [0.15, 0.2) is 0 Å². The summed E-state index contributed by atoms with van der Waals surface area (Å²) < 4.78 is 1.85. The van der Waals surface area contributed by atoms with Crippen LogP contribution in [0, 0.1) is 5.41 Å². The van der Waals surface area contributed by atoms with Gasteiger partial charge in [0.1, 0.15) is 17.2 Å². The molecule has 1 saturated carbocycles. The fraction of sp³-hybridized carbons (Fsp3) is 0.269. The number of anilines is 1. The van der Waals surface area contributed by atoms with E-state index in [9.17, 15) is 9.59 Å². The highest BCUT2D eigenvalue weighted by atomic mass is 16.2. The second kappa shape index (κ2) is 9.08. The van der Waals surface area contributed by atoms with Gasteiger partial charge in [-0.2, -0.15) is 5.10 Å². The van der Waals surface area contributed by atoms with Gasteiger partial charge in [-0.15, -0.1) is 5.10 Å². The van der Waals surface area contributed by atoms with Crippen molar-refractivity contribution in [2.75, 3.05) is 18.4 Å². The quantitative estimate of drug-likeness (QED) is 0.393. The molecule has 2 amide bonds. The standard InChI is InChI=1S/C26H25N9O2/c1-2-24(36)34-14-18(12-26(16-34)9-10-26)35-15-22(32-33-35)17-6-7-23(27-13-17)30-25(37)21-5-3-4-19(29-21)20-8-11-28-31-20/h2-8,11,13,15,18H,1,9-10,12,14,16H2,(H,28,31)(H,27,30,37). The van der Waals surface area contributed by atoms with Crippen LogP contribution in [0.3, 0.4) is 0 Å². The topological polar surface area (TPSA) is 135 Å². The van der Waals surface area contributed by atoms with Crippen molar-refractivity contribution in [3.05, 3.63) is 73.3 Å². The third-order valence-electron chi connectivity index (χ3n) is 7.01. The second-order valence-electron chi connectivity index (χ2n) is 9.63. The molecule has 1 atom stereocenters. The summed E-state index contributed by atoms with van der Waals surface area (Å²) in [4.78, 5) is 35.6. The Hall–Kier alpha value is -4.67. The zero-order valence-corrected chi connectivity index (χ0v) is 20.0. The summed E-state index contributed by atoms with van der Waals surface area (Å²) in [5.41, 5.74) is 3.27. The Morgan fingerprint density at radius 2 is 2.05 bits per heavy atom. The Labute approximate surface area is 212 Å². The van der Waals surface area contributed by atoms with E-state index in [1.807, 2.05) is 21.8 Å². The number of likely N-dealkylation sites (tertiary alicyclic amines) is 1.